The lowest BCUT2D eigenvalue weighted by molar-refractivity contribution is -0.0679. The average molecular weight is 351 g/mol. The first kappa shape index (κ1) is 17.9. The predicted molar refractivity (Wildman–Crippen MR) is 98.9 cm³/mol. The highest BCUT2D eigenvalue weighted by Crippen LogP contribution is 2.32. The predicted octanol–water partition coefficient (Wildman–Crippen LogP) is 3.10. The van der Waals surface area contributed by atoms with Gasteiger partial charge in [0.2, 0.25) is 0 Å². The summed E-state index contributed by atoms with van der Waals surface area (Å²) >= 11 is 1.69. The molecule has 1 N–H and O–H groups in total. The van der Waals surface area contributed by atoms with Crippen molar-refractivity contribution in [3.8, 4) is 0 Å². The first-order valence-corrected chi connectivity index (χ1v) is 10.1. The zero-order valence-corrected chi connectivity index (χ0v) is 16.0. The molecule has 5 heteroatoms. The van der Waals surface area contributed by atoms with Gasteiger partial charge in [0, 0.05) is 31.1 Å². The lowest BCUT2D eigenvalue weighted by Crippen LogP contribution is -2.46. The van der Waals surface area contributed by atoms with E-state index >= 15 is 0 Å². The molecule has 134 valence electrons. The van der Waals surface area contributed by atoms with Crippen molar-refractivity contribution in [1.29, 1.82) is 0 Å². The lowest BCUT2D eigenvalue weighted by atomic mass is 9.90. The summed E-state index contributed by atoms with van der Waals surface area (Å²) in [5, 5.41) is 3.09. The zero-order chi connectivity index (χ0) is 17.1. The number of ether oxygens (including phenoxy) is 1. The SMILES string of the molecule is CC1CCc2sc(C(=O)NCCCN3CC(C)OC(C)C3)cc2C1. The third-order valence-electron chi connectivity index (χ3n) is 4.98. The van der Waals surface area contributed by atoms with Gasteiger partial charge in [0.05, 0.1) is 17.1 Å². The van der Waals surface area contributed by atoms with Gasteiger partial charge >= 0.3 is 0 Å². The summed E-state index contributed by atoms with van der Waals surface area (Å²) in [7, 11) is 0. The van der Waals surface area contributed by atoms with Crippen LogP contribution in [-0.2, 0) is 17.6 Å². The quantitative estimate of drug-likeness (QED) is 0.830. The molecule has 0 aromatic carbocycles. The highest BCUT2D eigenvalue weighted by Gasteiger charge is 2.22. The summed E-state index contributed by atoms with van der Waals surface area (Å²) in [6, 6.07) is 2.12. The van der Waals surface area contributed by atoms with Crippen LogP contribution >= 0.6 is 11.3 Å². The molecule has 3 atom stereocenters. The second-order valence-electron chi connectivity index (χ2n) is 7.53. The van der Waals surface area contributed by atoms with Gasteiger partial charge in [0.15, 0.2) is 0 Å². The van der Waals surface area contributed by atoms with E-state index in [-0.39, 0.29) is 5.91 Å². The molecule has 1 saturated heterocycles. The Bertz CT molecular complexity index is 562. The van der Waals surface area contributed by atoms with E-state index in [2.05, 4.69) is 37.1 Å². The third-order valence-corrected chi connectivity index (χ3v) is 6.22. The molecule has 0 saturated carbocycles. The number of thiophene rings is 1. The first-order valence-electron chi connectivity index (χ1n) is 9.29. The highest BCUT2D eigenvalue weighted by atomic mass is 32.1. The van der Waals surface area contributed by atoms with Crippen LogP contribution in [0.15, 0.2) is 6.07 Å². The van der Waals surface area contributed by atoms with Crippen LogP contribution in [0.25, 0.3) is 0 Å². The molecular formula is C19H30N2O2S. The fourth-order valence-corrected chi connectivity index (χ4v) is 5.00. The summed E-state index contributed by atoms with van der Waals surface area (Å²) in [4.78, 5) is 17.1. The molecule has 1 aliphatic heterocycles. The molecule has 1 aromatic heterocycles. The maximum absolute atomic E-state index is 12.4. The van der Waals surface area contributed by atoms with E-state index in [1.54, 1.807) is 11.3 Å². The number of amides is 1. The topological polar surface area (TPSA) is 41.6 Å². The van der Waals surface area contributed by atoms with Gasteiger partial charge in [0.1, 0.15) is 0 Å². The Morgan fingerprint density at radius 3 is 2.83 bits per heavy atom. The van der Waals surface area contributed by atoms with Gasteiger partial charge in [-0.25, -0.2) is 0 Å². The summed E-state index contributed by atoms with van der Waals surface area (Å²) in [6.07, 6.45) is 5.14. The second-order valence-corrected chi connectivity index (χ2v) is 8.67. The fraction of sp³-hybridized carbons (Fsp3) is 0.737. The molecular weight excluding hydrogens is 320 g/mol. The number of hydrogen-bond acceptors (Lipinski definition) is 4. The van der Waals surface area contributed by atoms with Gasteiger partial charge < -0.3 is 10.1 Å². The molecule has 1 aromatic rings. The van der Waals surface area contributed by atoms with Crippen LogP contribution < -0.4 is 5.32 Å². The van der Waals surface area contributed by atoms with Crippen LogP contribution in [0, 0.1) is 5.92 Å². The molecule has 2 aliphatic rings. The molecule has 24 heavy (non-hydrogen) atoms. The number of nitrogens with one attached hydrogen (secondary N) is 1. The van der Waals surface area contributed by atoms with Crippen molar-refractivity contribution in [1.82, 2.24) is 10.2 Å². The number of fused-ring (bicyclic) bond motifs is 1. The molecule has 0 bridgehead atoms. The largest absolute Gasteiger partial charge is 0.373 e. The Kier molecular flexibility index (Phi) is 5.95. The Morgan fingerprint density at radius 1 is 1.33 bits per heavy atom. The van der Waals surface area contributed by atoms with Crippen molar-refractivity contribution in [2.24, 2.45) is 5.92 Å². The van der Waals surface area contributed by atoms with Crippen LogP contribution in [0.5, 0.6) is 0 Å². The average Bonchev–Trinajstić information content (AvgIpc) is 2.93. The monoisotopic (exact) mass is 350 g/mol. The Balaban J connectivity index is 1.41. The van der Waals surface area contributed by atoms with Crippen LogP contribution in [0.1, 0.15) is 53.7 Å². The molecule has 3 rings (SSSR count). The van der Waals surface area contributed by atoms with Gasteiger partial charge in [0.25, 0.3) is 5.91 Å². The van der Waals surface area contributed by atoms with Crippen LogP contribution in [-0.4, -0.2) is 49.2 Å². The number of aryl methyl sites for hydroxylation is 1. The number of hydrogen-bond donors (Lipinski definition) is 1. The number of carbonyl (C=O) groups excluding carboxylic acids is 1. The Labute approximate surface area is 149 Å². The van der Waals surface area contributed by atoms with Crippen molar-refractivity contribution >= 4 is 17.2 Å². The molecule has 3 unspecified atom stereocenters. The van der Waals surface area contributed by atoms with Crippen molar-refractivity contribution in [3.05, 3.63) is 21.4 Å². The van der Waals surface area contributed by atoms with E-state index in [1.165, 1.54) is 16.9 Å². The second kappa shape index (κ2) is 7.98. The molecule has 1 aliphatic carbocycles. The smallest absolute Gasteiger partial charge is 0.261 e. The van der Waals surface area contributed by atoms with E-state index < -0.39 is 0 Å². The maximum Gasteiger partial charge on any atom is 0.261 e. The van der Waals surface area contributed by atoms with Gasteiger partial charge in [-0.1, -0.05) is 6.92 Å². The standard InChI is InChI=1S/C19H30N2O2S/c1-13-5-6-17-16(9-13)10-18(24-17)19(22)20-7-4-8-21-11-14(2)23-15(3)12-21/h10,13-15H,4-9,11-12H2,1-3H3,(H,20,22). The normalized spacial score (nSPS) is 27.7. The van der Waals surface area contributed by atoms with Gasteiger partial charge in [-0.15, -0.1) is 11.3 Å². The van der Waals surface area contributed by atoms with Gasteiger partial charge in [-0.3, -0.25) is 9.69 Å². The van der Waals surface area contributed by atoms with Crippen LogP contribution in [0.3, 0.4) is 0 Å². The summed E-state index contributed by atoms with van der Waals surface area (Å²) in [6.45, 7) is 10.3. The third kappa shape index (κ3) is 4.58. The first-order chi connectivity index (χ1) is 11.5. The van der Waals surface area contributed by atoms with Crippen LogP contribution in [0.2, 0.25) is 0 Å². The fourth-order valence-electron chi connectivity index (χ4n) is 3.88. The van der Waals surface area contributed by atoms with Gasteiger partial charge in [-0.2, -0.15) is 0 Å². The van der Waals surface area contributed by atoms with E-state index in [9.17, 15) is 4.79 Å². The maximum atomic E-state index is 12.4. The van der Waals surface area contributed by atoms with Crippen molar-refractivity contribution < 1.29 is 9.53 Å². The highest BCUT2D eigenvalue weighted by molar-refractivity contribution is 7.14. The molecule has 0 spiro atoms. The Morgan fingerprint density at radius 2 is 2.08 bits per heavy atom. The Hall–Kier alpha value is -0.910. The molecule has 0 radical (unpaired) electrons. The van der Waals surface area contributed by atoms with E-state index in [1.807, 2.05) is 0 Å². The summed E-state index contributed by atoms with van der Waals surface area (Å²) < 4.78 is 5.76. The summed E-state index contributed by atoms with van der Waals surface area (Å²) in [5.74, 6) is 0.854. The molecule has 2 heterocycles. The minimum absolute atomic E-state index is 0.103. The number of rotatable bonds is 5. The number of nitrogens with zero attached hydrogens (tertiary/aromatic N) is 1. The minimum Gasteiger partial charge on any atom is -0.373 e. The summed E-state index contributed by atoms with van der Waals surface area (Å²) in [5.41, 5.74) is 1.40. The van der Waals surface area contributed by atoms with Crippen molar-refractivity contribution in [2.75, 3.05) is 26.2 Å². The molecule has 4 nitrogen and oxygen atoms in total. The minimum atomic E-state index is 0.103. The number of morpholine rings is 1. The number of carbonyl (C=O) groups is 1. The molecule has 1 fully saturated rings. The van der Waals surface area contributed by atoms with Crippen molar-refractivity contribution in [2.45, 2.75) is 58.7 Å². The van der Waals surface area contributed by atoms with Gasteiger partial charge in [-0.05, 0) is 57.1 Å². The van der Waals surface area contributed by atoms with E-state index in [0.29, 0.717) is 12.2 Å². The molecule has 1 amide bonds. The van der Waals surface area contributed by atoms with Crippen LogP contribution in [0.4, 0.5) is 0 Å². The van der Waals surface area contributed by atoms with Crippen molar-refractivity contribution in [3.63, 3.8) is 0 Å². The lowest BCUT2D eigenvalue weighted by Gasteiger charge is -2.35. The van der Waals surface area contributed by atoms with E-state index in [0.717, 1.165) is 56.2 Å². The van der Waals surface area contributed by atoms with E-state index in [4.69, 9.17) is 4.74 Å². The zero-order valence-electron chi connectivity index (χ0n) is 15.1.